The number of nitrogens with zero attached hydrogens (tertiary/aromatic N) is 2. The maximum Gasteiger partial charge on any atom is 0.410 e. The van der Waals surface area contributed by atoms with Gasteiger partial charge in [-0.05, 0) is 45.1 Å². The molecule has 20 heavy (non-hydrogen) atoms. The Morgan fingerprint density at radius 1 is 1.30 bits per heavy atom. The van der Waals surface area contributed by atoms with E-state index in [1.165, 1.54) is 5.56 Å². The van der Waals surface area contributed by atoms with Crippen molar-refractivity contribution in [2.75, 3.05) is 18.9 Å². The number of amides is 1. The molecule has 1 aromatic rings. The van der Waals surface area contributed by atoms with E-state index in [1.807, 2.05) is 45.3 Å². The van der Waals surface area contributed by atoms with Gasteiger partial charge in [-0.1, -0.05) is 4.68 Å². The van der Waals surface area contributed by atoms with E-state index in [2.05, 4.69) is 0 Å². The normalized spacial score (nSPS) is 17.1. The Balaban J connectivity index is 1.89. The summed E-state index contributed by atoms with van der Waals surface area (Å²) in [6.45, 7) is 7.17. The number of rotatable bonds is 1. The van der Waals surface area contributed by atoms with Gasteiger partial charge in [0.1, 0.15) is 5.60 Å². The van der Waals surface area contributed by atoms with Crippen molar-refractivity contribution in [3.8, 4) is 0 Å². The first-order valence-electron chi connectivity index (χ1n) is 7.09. The van der Waals surface area contributed by atoms with Gasteiger partial charge in [0.05, 0.1) is 0 Å². The van der Waals surface area contributed by atoms with Crippen molar-refractivity contribution in [1.29, 1.82) is 0 Å². The van der Waals surface area contributed by atoms with Gasteiger partial charge in [0.15, 0.2) is 12.4 Å². The highest BCUT2D eigenvalue weighted by Gasteiger charge is 2.27. The molecule has 1 aromatic heterocycles. The molecule has 1 aliphatic rings. The Hall–Kier alpha value is -1.78. The van der Waals surface area contributed by atoms with Crippen molar-refractivity contribution in [2.45, 2.75) is 45.1 Å². The number of carbonyl (C=O) groups excluding carboxylic acids is 1. The summed E-state index contributed by atoms with van der Waals surface area (Å²) in [6, 6.07) is 4.10. The maximum atomic E-state index is 12.0. The third kappa shape index (κ3) is 3.85. The van der Waals surface area contributed by atoms with Gasteiger partial charge >= 0.3 is 6.09 Å². The third-order valence-corrected chi connectivity index (χ3v) is 3.50. The van der Waals surface area contributed by atoms with Crippen molar-refractivity contribution >= 4 is 6.09 Å². The molecular weight excluding hydrogens is 254 g/mol. The van der Waals surface area contributed by atoms with E-state index in [1.54, 1.807) is 9.58 Å². The number of carbonyl (C=O) groups is 1. The van der Waals surface area contributed by atoms with Crippen LogP contribution in [0.3, 0.4) is 0 Å². The van der Waals surface area contributed by atoms with Crippen molar-refractivity contribution in [3.05, 3.63) is 30.1 Å². The van der Waals surface area contributed by atoms with Crippen molar-refractivity contribution in [2.24, 2.45) is 0 Å². The van der Waals surface area contributed by atoms with Gasteiger partial charge in [-0.3, -0.25) is 0 Å². The molecule has 1 fully saturated rings. The Morgan fingerprint density at radius 2 is 1.85 bits per heavy atom. The van der Waals surface area contributed by atoms with E-state index >= 15 is 0 Å². The minimum atomic E-state index is -0.428. The Morgan fingerprint density at radius 3 is 2.35 bits per heavy atom. The van der Waals surface area contributed by atoms with Crippen LogP contribution in [0.1, 0.15) is 45.1 Å². The smallest absolute Gasteiger partial charge is 0.410 e. The van der Waals surface area contributed by atoms with Gasteiger partial charge in [0.25, 0.3) is 0 Å². The lowest BCUT2D eigenvalue weighted by atomic mass is 9.90. The molecule has 0 spiro atoms. The lowest BCUT2D eigenvalue weighted by molar-refractivity contribution is -0.639. The van der Waals surface area contributed by atoms with Crippen LogP contribution in [0.15, 0.2) is 24.5 Å². The zero-order chi connectivity index (χ0) is 14.8. The lowest BCUT2D eigenvalue weighted by Crippen LogP contribution is -2.43. The molecule has 1 amide bonds. The van der Waals surface area contributed by atoms with E-state index in [-0.39, 0.29) is 6.09 Å². The third-order valence-electron chi connectivity index (χ3n) is 3.50. The molecule has 0 bridgehead atoms. The van der Waals surface area contributed by atoms with Gasteiger partial charge in [-0.25, -0.2) is 10.6 Å². The van der Waals surface area contributed by atoms with Crippen LogP contribution < -0.4 is 10.5 Å². The lowest BCUT2D eigenvalue weighted by Gasteiger charge is -2.33. The summed E-state index contributed by atoms with van der Waals surface area (Å²) in [7, 11) is 0. The van der Waals surface area contributed by atoms with Crippen molar-refractivity contribution in [1.82, 2.24) is 4.90 Å². The fraction of sp³-hybridized carbons (Fsp3) is 0.600. The van der Waals surface area contributed by atoms with Crippen molar-refractivity contribution < 1.29 is 14.2 Å². The number of pyridine rings is 1. The molecule has 1 saturated heterocycles. The van der Waals surface area contributed by atoms with Crippen LogP contribution >= 0.6 is 0 Å². The largest absolute Gasteiger partial charge is 0.444 e. The number of nitrogens with two attached hydrogens (primary N) is 1. The molecule has 110 valence electrons. The fourth-order valence-electron chi connectivity index (χ4n) is 2.44. The number of ether oxygens (including phenoxy) is 1. The van der Waals surface area contributed by atoms with Crippen LogP contribution in [0.4, 0.5) is 4.79 Å². The Kier molecular flexibility index (Phi) is 4.16. The monoisotopic (exact) mass is 278 g/mol. The number of hydrogen-bond acceptors (Lipinski definition) is 3. The Bertz CT molecular complexity index is 457. The molecule has 0 atom stereocenters. The number of aromatic nitrogens is 1. The number of piperidine rings is 1. The summed E-state index contributed by atoms with van der Waals surface area (Å²) in [5.74, 6) is 6.12. The predicted octanol–water partition coefficient (Wildman–Crippen LogP) is 1.80. The highest BCUT2D eigenvalue weighted by molar-refractivity contribution is 5.68. The topological polar surface area (TPSA) is 59.4 Å². The minimum Gasteiger partial charge on any atom is -0.444 e. The molecule has 0 aliphatic carbocycles. The second-order valence-corrected chi connectivity index (χ2v) is 6.32. The molecule has 5 heteroatoms. The molecule has 1 aliphatic heterocycles. The molecule has 0 unspecified atom stereocenters. The van der Waals surface area contributed by atoms with Crippen LogP contribution in [-0.4, -0.2) is 29.7 Å². The predicted molar refractivity (Wildman–Crippen MR) is 76.6 cm³/mol. The van der Waals surface area contributed by atoms with Gasteiger partial charge in [-0.15, -0.1) is 0 Å². The average Bonchev–Trinajstić information content (AvgIpc) is 2.38. The molecule has 2 rings (SSSR count). The number of nitrogen functional groups attached to an aromatic ring is 1. The van der Waals surface area contributed by atoms with E-state index in [0.717, 1.165) is 25.9 Å². The first kappa shape index (κ1) is 14.6. The second kappa shape index (κ2) is 5.69. The summed E-state index contributed by atoms with van der Waals surface area (Å²) < 4.78 is 6.94. The minimum absolute atomic E-state index is 0.205. The first-order chi connectivity index (χ1) is 9.35. The van der Waals surface area contributed by atoms with E-state index < -0.39 is 5.60 Å². The number of likely N-dealkylation sites (tertiary alicyclic amines) is 1. The van der Waals surface area contributed by atoms with Crippen LogP contribution in [0, 0.1) is 0 Å². The van der Waals surface area contributed by atoms with E-state index in [9.17, 15) is 4.79 Å². The van der Waals surface area contributed by atoms with Crippen molar-refractivity contribution in [3.63, 3.8) is 0 Å². The first-order valence-corrected chi connectivity index (χ1v) is 7.09. The second-order valence-electron chi connectivity index (χ2n) is 6.32. The molecule has 0 aromatic carbocycles. The van der Waals surface area contributed by atoms with Crippen LogP contribution in [0.2, 0.25) is 0 Å². The molecule has 5 nitrogen and oxygen atoms in total. The quantitative estimate of drug-likeness (QED) is 0.629. The number of hydrogen-bond donors (Lipinski definition) is 1. The Labute approximate surface area is 120 Å². The summed E-state index contributed by atoms with van der Waals surface area (Å²) in [5.41, 5.74) is 0.859. The molecule has 0 radical (unpaired) electrons. The van der Waals surface area contributed by atoms with Gasteiger partial charge in [0, 0.05) is 25.2 Å². The standard InChI is InChI=1S/C15H24N3O2/c1-15(2,3)20-14(19)17-8-4-12(5-9-17)13-6-10-18(16)11-7-13/h6-7,10-12H,4-5,8-9,16H2,1-3H3/q+1. The summed E-state index contributed by atoms with van der Waals surface area (Å²) in [4.78, 5) is 13.8. The summed E-state index contributed by atoms with van der Waals surface area (Å²) >= 11 is 0. The highest BCUT2D eigenvalue weighted by Crippen LogP contribution is 2.27. The van der Waals surface area contributed by atoms with E-state index in [4.69, 9.17) is 10.6 Å². The fourth-order valence-corrected chi connectivity index (χ4v) is 2.44. The van der Waals surface area contributed by atoms with E-state index in [0.29, 0.717) is 5.92 Å². The molecule has 0 saturated carbocycles. The summed E-state index contributed by atoms with van der Waals surface area (Å²) in [6.07, 6.45) is 5.44. The zero-order valence-electron chi connectivity index (χ0n) is 12.5. The van der Waals surface area contributed by atoms with Crippen LogP contribution in [0.5, 0.6) is 0 Å². The summed E-state index contributed by atoms with van der Waals surface area (Å²) in [5, 5.41) is 0. The van der Waals surface area contributed by atoms with Crippen LogP contribution in [-0.2, 0) is 4.74 Å². The zero-order valence-corrected chi connectivity index (χ0v) is 12.5. The maximum absolute atomic E-state index is 12.0. The van der Waals surface area contributed by atoms with Crippen LogP contribution in [0.25, 0.3) is 0 Å². The van der Waals surface area contributed by atoms with Gasteiger partial charge in [0.2, 0.25) is 0 Å². The van der Waals surface area contributed by atoms with Gasteiger partial charge in [-0.2, -0.15) is 0 Å². The molecule has 2 N–H and O–H groups in total. The van der Waals surface area contributed by atoms with Gasteiger partial charge < -0.3 is 9.64 Å². The molecular formula is C15H24N3O2+. The highest BCUT2D eigenvalue weighted by atomic mass is 16.6. The SMILES string of the molecule is CC(C)(C)OC(=O)N1CCC(c2cc[n+](N)cc2)CC1. The average molecular weight is 278 g/mol. The molecule has 2 heterocycles.